The van der Waals surface area contributed by atoms with Crippen LogP contribution in [-0.4, -0.2) is 11.7 Å². The van der Waals surface area contributed by atoms with Crippen LogP contribution in [0.2, 0.25) is 0 Å². The van der Waals surface area contributed by atoms with E-state index >= 15 is 0 Å². The number of aliphatic hydroxyl groups is 1. The molecule has 3 heteroatoms. The van der Waals surface area contributed by atoms with E-state index in [1.54, 1.807) is 0 Å². The predicted molar refractivity (Wildman–Crippen MR) is 55.5 cm³/mol. The minimum atomic E-state index is -0.293. The molecule has 0 amide bonds. The molecule has 0 radical (unpaired) electrons. The molecule has 1 unspecified atom stereocenters. The summed E-state index contributed by atoms with van der Waals surface area (Å²) >= 11 is 0. The molecule has 0 spiro atoms. The second kappa shape index (κ2) is 6.50. The van der Waals surface area contributed by atoms with Crippen LogP contribution in [0.1, 0.15) is 11.6 Å². The lowest BCUT2D eigenvalue weighted by molar-refractivity contribution is 0.350. The van der Waals surface area contributed by atoms with Gasteiger partial charge in [-0.05, 0) is 5.56 Å². The number of benzene rings is 1. The maximum absolute atomic E-state index is 8.43. The van der Waals surface area contributed by atoms with Gasteiger partial charge in [0.25, 0.3) is 0 Å². The summed E-state index contributed by atoms with van der Waals surface area (Å²) in [6.07, 6.45) is 0. The minimum absolute atomic E-state index is 0. The first-order valence-corrected chi connectivity index (χ1v) is 3.74. The topological polar surface area (TPSA) is 46.2 Å². The van der Waals surface area contributed by atoms with Gasteiger partial charge < -0.3 is 10.8 Å². The van der Waals surface area contributed by atoms with Gasteiger partial charge in [-0.3, -0.25) is 0 Å². The summed E-state index contributed by atoms with van der Waals surface area (Å²) in [6.45, 7) is -0.138. The van der Waals surface area contributed by atoms with E-state index in [1.165, 1.54) is 0 Å². The van der Waals surface area contributed by atoms with Gasteiger partial charge in [0.1, 0.15) is 6.61 Å². The van der Waals surface area contributed by atoms with Crippen molar-refractivity contribution in [3.63, 3.8) is 0 Å². The van der Waals surface area contributed by atoms with Gasteiger partial charge in [0.15, 0.2) is 0 Å². The number of halogens is 1. The highest BCUT2D eigenvalue weighted by Crippen LogP contribution is 2.07. The SMILES string of the molecule is Cl.NC(C#CCO)c1ccccc1. The summed E-state index contributed by atoms with van der Waals surface area (Å²) in [6, 6.07) is 9.28. The van der Waals surface area contributed by atoms with E-state index in [-0.39, 0.29) is 25.1 Å². The molecule has 0 aliphatic heterocycles. The molecule has 0 heterocycles. The van der Waals surface area contributed by atoms with Crippen LogP contribution in [0.5, 0.6) is 0 Å². The molecule has 0 saturated carbocycles. The first-order chi connectivity index (χ1) is 5.84. The van der Waals surface area contributed by atoms with E-state index < -0.39 is 0 Å². The Morgan fingerprint density at radius 1 is 1.31 bits per heavy atom. The van der Waals surface area contributed by atoms with E-state index in [0.29, 0.717) is 0 Å². The number of hydrogen-bond acceptors (Lipinski definition) is 2. The quantitative estimate of drug-likeness (QED) is 0.663. The van der Waals surface area contributed by atoms with E-state index in [2.05, 4.69) is 11.8 Å². The molecule has 70 valence electrons. The summed E-state index contributed by atoms with van der Waals surface area (Å²) in [5, 5.41) is 8.43. The van der Waals surface area contributed by atoms with E-state index in [0.717, 1.165) is 5.56 Å². The third-order valence-electron chi connectivity index (χ3n) is 1.50. The lowest BCUT2D eigenvalue weighted by Gasteiger charge is -2.02. The Kier molecular flexibility index (Phi) is 5.99. The summed E-state index contributed by atoms with van der Waals surface area (Å²) in [5.74, 6) is 5.25. The average Bonchev–Trinajstić information content (AvgIpc) is 2.15. The summed E-state index contributed by atoms with van der Waals surface area (Å²) in [4.78, 5) is 0. The molecule has 0 bridgehead atoms. The first-order valence-electron chi connectivity index (χ1n) is 3.74. The molecule has 1 aromatic carbocycles. The molecule has 3 N–H and O–H groups in total. The Hall–Kier alpha value is -1.01. The van der Waals surface area contributed by atoms with Gasteiger partial charge in [-0.2, -0.15) is 0 Å². The van der Waals surface area contributed by atoms with Crippen molar-refractivity contribution in [1.29, 1.82) is 0 Å². The van der Waals surface area contributed by atoms with Crippen molar-refractivity contribution >= 4 is 12.4 Å². The molecule has 0 aromatic heterocycles. The van der Waals surface area contributed by atoms with Crippen LogP contribution in [0.15, 0.2) is 30.3 Å². The highest BCUT2D eigenvalue weighted by molar-refractivity contribution is 5.85. The zero-order valence-corrected chi connectivity index (χ0v) is 7.92. The van der Waals surface area contributed by atoms with Gasteiger partial charge in [-0.25, -0.2) is 0 Å². The van der Waals surface area contributed by atoms with Crippen LogP contribution in [0.4, 0.5) is 0 Å². The molecule has 1 aromatic rings. The van der Waals surface area contributed by atoms with Crippen LogP contribution in [0.25, 0.3) is 0 Å². The fourth-order valence-electron chi connectivity index (χ4n) is 0.899. The first kappa shape index (κ1) is 12.0. The lowest BCUT2D eigenvalue weighted by Crippen LogP contribution is -2.07. The summed E-state index contributed by atoms with van der Waals surface area (Å²) < 4.78 is 0. The van der Waals surface area contributed by atoms with Crippen LogP contribution in [-0.2, 0) is 0 Å². The molecule has 0 aliphatic carbocycles. The van der Waals surface area contributed by atoms with E-state index in [9.17, 15) is 0 Å². The standard InChI is InChI=1S/C10H11NO.ClH/c11-10(7-4-8-12)9-5-2-1-3-6-9;/h1-3,5-6,10,12H,8,11H2;1H. The van der Waals surface area contributed by atoms with Crippen molar-refractivity contribution in [2.75, 3.05) is 6.61 Å². The Morgan fingerprint density at radius 3 is 2.46 bits per heavy atom. The van der Waals surface area contributed by atoms with Crippen molar-refractivity contribution in [2.24, 2.45) is 5.73 Å². The Labute approximate surface area is 84.2 Å². The Morgan fingerprint density at radius 2 is 1.92 bits per heavy atom. The largest absolute Gasteiger partial charge is 0.384 e. The maximum atomic E-state index is 8.43. The normalized spacial score (nSPS) is 10.6. The lowest BCUT2D eigenvalue weighted by atomic mass is 10.1. The fraction of sp³-hybridized carbons (Fsp3) is 0.200. The molecule has 0 fully saturated rings. The van der Waals surface area contributed by atoms with Crippen LogP contribution >= 0.6 is 12.4 Å². The third-order valence-corrected chi connectivity index (χ3v) is 1.50. The van der Waals surface area contributed by atoms with Gasteiger partial charge in [0, 0.05) is 0 Å². The van der Waals surface area contributed by atoms with Gasteiger partial charge in [0.05, 0.1) is 6.04 Å². The highest BCUT2D eigenvalue weighted by Gasteiger charge is 1.98. The van der Waals surface area contributed by atoms with Crippen LogP contribution < -0.4 is 5.73 Å². The maximum Gasteiger partial charge on any atom is 0.104 e. The third kappa shape index (κ3) is 3.95. The molecule has 13 heavy (non-hydrogen) atoms. The van der Waals surface area contributed by atoms with Crippen molar-refractivity contribution in [1.82, 2.24) is 0 Å². The summed E-state index contributed by atoms with van der Waals surface area (Å²) in [5.41, 5.74) is 6.67. The number of hydrogen-bond donors (Lipinski definition) is 2. The highest BCUT2D eigenvalue weighted by atomic mass is 35.5. The molecular formula is C10H12ClNO. The van der Waals surface area contributed by atoms with Crippen molar-refractivity contribution < 1.29 is 5.11 Å². The smallest absolute Gasteiger partial charge is 0.104 e. The number of nitrogens with two attached hydrogens (primary N) is 1. The average molecular weight is 198 g/mol. The second-order valence-electron chi connectivity index (χ2n) is 2.37. The van der Waals surface area contributed by atoms with Crippen LogP contribution in [0, 0.1) is 11.8 Å². The molecule has 0 aliphatic rings. The van der Waals surface area contributed by atoms with Crippen molar-refractivity contribution in [3.05, 3.63) is 35.9 Å². The molecule has 1 rings (SSSR count). The second-order valence-corrected chi connectivity index (χ2v) is 2.37. The number of rotatable bonds is 1. The van der Waals surface area contributed by atoms with Gasteiger partial charge in [-0.15, -0.1) is 12.4 Å². The molecule has 0 saturated heterocycles. The Bertz CT molecular complexity index is 289. The minimum Gasteiger partial charge on any atom is -0.384 e. The van der Waals surface area contributed by atoms with E-state index in [1.807, 2.05) is 30.3 Å². The summed E-state index contributed by atoms with van der Waals surface area (Å²) in [7, 11) is 0. The van der Waals surface area contributed by atoms with Gasteiger partial charge in [-0.1, -0.05) is 42.2 Å². The van der Waals surface area contributed by atoms with Gasteiger partial charge >= 0.3 is 0 Å². The zero-order valence-electron chi connectivity index (χ0n) is 7.10. The molecule has 1 atom stereocenters. The Balaban J connectivity index is 0.00000144. The predicted octanol–water partition coefficient (Wildman–Crippen LogP) is 1.10. The van der Waals surface area contributed by atoms with Gasteiger partial charge in [0.2, 0.25) is 0 Å². The zero-order chi connectivity index (χ0) is 8.81. The fourth-order valence-corrected chi connectivity index (χ4v) is 0.899. The molecule has 2 nitrogen and oxygen atoms in total. The van der Waals surface area contributed by atoms with E-state index in [4.69, 9.17) is 10.8 Å². The van der Waals surface area contributed by atoms with Crippen molar-refractivity contribution in [2.45, 2.75) is 6.04 Å². The van der Waals surface area contributed by atoms with Crippen molar-refractivity contribution in [3.8, 4) is 11.8 Å². The molecular weight excluding hydrogens is 186 g/mol. The number of aliphatic hydroxyl groups excluding tert-OH is 1. The monoisotopic (exact) mass is 197 g/mol. The van der Waals surface area contributed by atoms with Crippen LogP contribution in [0.3, 0.4) is 0 Å².